The smallest absolute Gasteiger partial charge is 0.243 e. The number of methoxy groups -OCH3 is 1. The number of rotatable bonds is 9. The summed E-state index contributed by atoms with van der Waals surface area (Å²) in [5, 5.41) is 14.8. The molecule has 0 heterocycles. The van der Waals surface area contributed by atoms with Crippen LogP contribution in [0.2, 0.25) is 0 Å². The summed E-state index contributed by atoms with van der Waals surface area (Å²) in [5.41, 5.74) is 12.0. The van der Waals surface area contributed by atoms with E-state index < -0.39 is 5.91 Å². The molecule has 0 aliphatic rings. The van der Waals surface area contributed by atoms with Gasteiger partial charge in [-0.1, -0.05) is 5.16 Å². The van der Waals surface area contributed by atoms with E-state index >= 15 is 0 Å². The van der Waals surface area contributed by atoms with E-state index in [0.717, 1.165) is 5.56 Å². The van der Waals surface area contributed by atoms with Gasteiger partial charge < -0.3 is 31.5 Å². The molecule has 21 heavy (non-hydrogen) atoms. The molecule has 6 N–H and O–H groups in total. The van der Waals surface area contributed by atoms with Crippen molar-refractivity contribution in [1.82, 2.24) is 5.32 Å². The van der Waals surface area contributed by atoms with Crippen LogP contribution in [-0.2, 0) is 16.1 Å². The molecule has 0 aliphatic heterocycles. The average Bonchev–Trinajstić information content (AvgIpc) is 2.49. The SMILES string of the molecule is COc1ccc(/C(N)=N/O)cc1CNCCOCC(N)=O. The molecular weight excluding hydrogens is 276 g/mol. The summed E-state index contributed by atoms with van der Waals surface area (Å²) in [6, 6.07) is 5.21. The summed E-state index contributed by atoms with van der Waals surface area (Å²) in [6.45, 7) is 1.33. The molecule has 0 unspecified atom stereocenters. The summed E-state index contributed by atoms with van der Waals surface area (Å²) < 4.78 is 10.3. The second kappa shape index (κ2) is 8.77. The van der Waals surface area contributed by atoms with Crippen LogP contribution in [-0.4, -0.2) is 43.8 Å². The van der Waals surface area contributed by atoms with Crippen molar-refractivity contribution in [3.05, 3.63) is 29.3 Å². The van der Waals surface area contributed by atoms with E-state index in [0.29, 0.717) is 31.0 Å². The van der Waals surface area contributed by atoms with Crippen molar-refractivity contribution >= 4 is 11.7 Å². The number of hydrogen-bond donors (Lipinski definition) is 4. The highest BCUT2D eigenvalue weighted by molar-refractivity contribution is 5.97. The predicted molar refractivity (Wildman–Crippen MR) is 77.2 cm³/mol. The number of carbonyl (C=O) groups is 1. The van der Waals surface area contributed by atoms with E-state index in [1.807, 2.05) is 0 Å². The van der Waals surface area contributed by atoms with Crippen molar-refractivity contribution in [3.8, 4) is 5.75 Å². The number of primary amides is 1. The first-order chi connectivity index (χ1) is 10.1. The predicted octanol–water partition coefficient (Wildman–Crippen LogP) is -0.619. The maximum absolute atomic E-state index is 10.5. The van der Waals surface area contributed by atoms with Crippen LogP contribution in [0.25, 0.3) is 0 Å². The van der Waals surface area contributed by atoms with Crippen molar-refractivity contribution < 1.29 is 19.5 Å². The lowest BCUT2D eigenvalue weighted by atomic mass is 10.1. The number of benzene rings is 1. The molecule has 0 spiro atoms. The fraction of sp³-hybridized carbons (Fsp3) is 0.385. The second-order valence-electron chi connectivity index (χ2n) is 4.21. The van der Waals surface area contributed by atoms with Crippen molar-refractivity contribution in [3.63, 3.8) is 0 Å². The topological polar surface area (TPSA) is 132 Å². The Hall–Kier alpha value is -2.32. The summed E-state index contributed by atoms with van der Waals surface area (Å²) in [7, 11) is 1.57. The number of oxime groups is 1. The number of amidine groups is 1. The van der Waals surface area contributed by atoms with Gasteiger partial charge in [0.15, 0.2) is 5.84 Å². The minimum atomic E-state index is -0.497. The maximum Gasteiger partial charge on any atom is 0.243 e. The van der Waals surface area contributed by atoms with Gasteiger partial charge in [0.05, 0.1) is 13.7 Å². The zero-order valence-electron chi connectivity index (χ0n) is 11.8. The number of amides is 1. The van der Waals surface area contributed by atoms with E-state index in [2.05, 4.69) is 10.5 Å². The number of carbonyl (C=O) groups excluding carboxylic acids is 1. The van der Waals surface area contributed by atoms with Gasteiger partial charge >= 0.3 is 0 Å². The molecule has 1 rings (SSSR count). The Morgan fingerprint density at radius 1 is 1.43 bits per heavy atom. The molecule has 116 valence electrons. The molecule has 1 aromatic rings. The normalized spacial score (nSPS) is 11.4. The summed E-state index contributed by atoms with van der Waals surface area (Å²) in [6.07, 6.45) is 0. The van der Waals surface area contributed by atoms with Gasteiger partial charge in [-0.2, -0.15) is 0 Å². The maximum atomic E-state index is 10.5. The van der Waals surface area contributed by atoms with Crippen LogP contribution in [0.5, 0.6) is 5.75 Å². The van der Waals surface area contributed by atoms with Gasteiger partial charge in [0.1, 0.15) is 12.4 Å². The summed E-state index contributed by atoms with van der Waals surface area (Å²) in [4.78, 5) is 10.5. The molecule has 1 amide bonds. The molecule has 0 atom stereocenters. The van der Waals surface area contributed by atoms with Crippen molar-refractivity contribution in [2.75, 3.05) is 26.9 Å². The molecule has 0 saturated carbocycles. The first kappa shape index (κ1) is 16.7. The van der Waals surface area contributed by atoms with Gasteiger partial charge in [0.25, 0.3) is 0 Å². The first-order valence-corrected chi connectivity index (χ1v) is 6.30. The summed E-state index contributed by atoms with van der Waals surface area (Å²) in [5.74, 6) is 0.224. The van der Waals surface area contributed by atoms with Gasteiger partial charge in [-0.25, -0.2) is 0 Å². The van der Waals surface area contributed by atoms with Crippen LogP contribution in [0.4, 0.5) is 0 Å². The van der Waals surface area contributed by atoms with Crippen molar-refractivity contribution in [2.45, 2.75) is 6.54 Å². The molecule has 8 nitrogen and oxygen atoms in total. The van der Waals surface area contributed by atoms with E-state index in [-0.39, 0.29) is 12.4 Å². The minimum absolute atomic E-state index is 0.0312. The van der Waals surface area contributed by atoms with E-state index in [9.17, 15) is 4.79 Å². The van der Waals surface area contributed by atoms with Gasteiger partial charge in [0.2, 0.25) is 5.91 Å². The van der Waals surface area contributed by atoms with Gasteiger partial charge in [-0.05, 0) is 18.2 Å². The molecule has 0 fully saturated rings. The molecule has 0 bridgehead atoms. The average molecular weight is 296 g/mol. The van der Waals surface area contributed by atoms with Crippen LogP contribution in [0.1, 0.15) is 11.1 Å². The van der Waals surface area contributed by atoms with Crippen molar-refractivity contribution in [2.24, 2.45) is 16.6 Å². The molecule has 0 radical (unpaired) electrons. The Morgan fingerprint density at radius 2 is 2.19 bits per heavy atom. The lowest BCUT2D eigenvalue weighted by Gasteiger charge is -2.11. The zero-order valence-corrected chi connectivity index (χ0v) is 11.8. The zero-order chi connectivity index (χ0) is 15.7. The number of ether oxygens (including phenoxy) is 2. The Bertz CT molecular complexity index is 505. The summed E-state index contributed by atoms with van der Waals surface area (Å²) >= 11 is 0. The number of hydrogen-bond acceptors (Lipinski definition) is 6. The minimum Gasteiger partial charge on any atom is -0.496 e. The second-order valence-corrected chi connectivity index (χ2v) is 4.21. The Kier molecular flexibility index (Phi) is 6.99. The Morgan fingerprint density at radius 3 is 2.81 bits per heavy atom. The van der Waals surface area contributed by atoms with Gasteiger partial charge in [-0.3, -0.25) is 4.79 Å². The number of nitrogens with zero attached hydrogens (tertiary/aromatic N) is 1. The number of nitrogens with two attached hydrogens (primary N) is 2. The molecule has 0 aromatic heterocycles. The molecular formula is C13H20N4O4. The standard InChI is InChI=1S/C13H20N4O4/c1-20-11-3-2-9(13(15)17-19)6-10(11)7-16-4-5-21-8-12(14)18/h2-3,6,16,19H,4-5,7-8H2,1H3,(H2,14,18)(H2,15,17). The van der Waals surface area contributed by atoms with Gasteiger partial charge in [-0.15, -0.1) is 0 Å². The fourth-order valence-corrected chi connectivity index (χ4v) is 1.67. The monoisotopic (exact) mass is 296 g/mol. The Balaban J connectivity index is 2.54. The third kappa shape index (κ3) is 5.67. The highest BCUT2D eigenvalue weighted by Crippen LogP contribution is 2.19. The number of nitrogens with one attached hydrogen (secondary N) is 1. The molecule has 1 aromatic carbocycles. The van der Waals surface area contributed by atoms with Crippen LogP contribution in [0.15, 0.2) is 23.4 Å². The largest absolute Gasteiger partial charge is 0.496 e. The molecule has 8 heteroatoms. The third-order valence-corrected chi connectivity index (χ3v) is 2.67. The lowest BCUT2D eigenvalue weighted by molar-refractivity contribution is -0.122. The lowest BCUT2D eigenvalue weighted by Crippen LogP contribution is -2.24. The highest BCUT2D eigenvalue weighted by atomic mass is 16.5. The van der Waals surface area contributed by atoms with Crippen LogP contribution in [0, 0.1) is 0 Å². The Labute approximate surface area is 122 Å². The fourth-order valence-electron chi connectivity index (χ4n) is 1.67. The van der Waals surface area contributed by atoms with E-state index in [1.165, 1.54) is 0 Å². The quantitative estimate of drug-likeness (QED) is 0.158. The first-order valence-electron chi connectivity index (χ1n) is 6.30. The van der Waals surface area contributed by atoms with Crippen LogP contribution in [0.3, 0.4) is 0 Å². The highest BCUT2D eigenvalue weighted by Gasteiger charge is 2.07. The van der Waals surface area contributed by atoms with E-state index in [4.69, 9.17) is 26.1 Å². The van der Waals surface area contributed by atoms with E-state index in [1.54, 1.807) is 25.3 Å². The van der Waals surface area contributed by atoms with Gasteiger partial charge in [0, 0.05) is 24.2 Å². The third-order valence-electron chi connectivity index (χ3n) is 2.67. The van der Waals surface area contributed by atoms with Crippen LogP contribution >= 0.6 is 0 Å². The van der Waals surface area contributed by atoms with Crippen molar-refractivity contribution in [1.29, 1.82) is 0 Å². The van der Waals surface area contributed by atoms with Crippen LogP contribution < -0.4 is 21.5 Å². The molecule has 0 aliphatic carbocycles. The molecule has 0 saturated heterocycles.